The first-order valence-electron chi connectivity index (χ1n) is 10.8. The maximum absolute atomic E-state index is 12.5. The Kier molecular flexibility index (Phi) is 7.14. The summed E-state index contributed by atoms with van der Waals surface area (Å²) in [5, 5.41) is 6.23. The summed E-state index contributed by atoms with van der Waals surface area (Å²) in [4.78, 5) is 17.1. The first-order chi connectivity index (χ1) is 16.3. The van der Waals surface area contributed by atoms with Crippen molar-refractivity contribution < 1.29 is 13.9 Å². The maximum Gasteiger partial charge on any atom is 0.257 e. The zero-order valence-electron chi connectivity index (χ0n) is 19.1. The standard InChI is InChI=1S/C26H24ClN3O3S/c1-4-32-22-10-7-18(14-20(22)27)25(31)30-26(34)28-19-8-5-17(6-9-19)13-24-29-21-11-15(2)16(3)12-23(21)33-24/h5-12,14H,4,13H2,1-3H3,(H2,28,30,31,34). The third kappa shape index (κ3) is 5.55. The lowest BCUT2D eigenvalue weighted by atomic mass is 10.1. The van der Waals surface area contributed by atoms with E-state index in [1.165, 1.54) is 11.1 Å². The van der Waals surface area contributed by atoms with Crippen LogP contribution in [0.2, 0.25) is 5.02 Å². The summed E-state index contributed by atoms with van der Waals surface area (Å²) in [6.07, 6.45) is 0.576. The van der Waals surface area contributed by atoms with Crippen molar-refractivity contribution in [3.63, 3.8) is 0 Å². The van der Waals surface area contributed by atoms with Crippen molar-refractivity contribution in [1.29, 1.82) is 0 Å². The van der Waals surface area contributed by atoms with Crippen molar-refractivity contribution in [3.05, 3.63) is 87.8 Å². The second-order valence-corrected chi connectivity index (χ2v) is 8.69. The van der Waals surface area contributed by atoms with Crippen LogP contribution in [-0.4, -0.2) is 22.6 Å². The summed E-state index contributed by atoms with van der Waals surface area (Å²) in [5.41, 5.74) is 6.22. The van der Waals surface area contributed by atoms with E-state index in [9.17, 15) is 4.79 Å². The highest BCUT2D eigenvalue weighted by atomic mass is 35.5. The lowest BCUT2D eigenvalue weighted by molar-refractivity contribution is 0.0977. The van der Waals surface area contributed by atoms with Crippen LogP contribution in [0, 0.1) is 13.8 Å². The Labute approximate surface area is 208 Å². The quantitative estimate of drug-likeness (QED) is 0.311. The number of hydrogen-bond acceptors (Lipinski definition) is 5. The minimum Gasteiger partial charge on any atom is -0.492 e. The molecular formula is C26H24ClN3O3S. The van der Waals surface area contributed by atoms with E-state index < -0.39 is 0 Å². The fourth-order valence-corrected chi connectivity index (χ4v) is 3.88. The molecule has 0 saturated carbocycles. The molecule has 1 aromatic heterocycles. The Hall–Kier alpha value is -3.42. The number of oxazole rings is 1. The van der Waals surface area contributed by atoms with Gasteiger partial charge in [-0.1, -0.05) is 23.7 Å². The van der Waals surface area contributed by atoms with E-state index in [4.69, 9.17) is 33.0 Å². The van der Waals surface area contributed by atoms with Crippen LogP contribution in [0.3, 0.4) is 0 Å². The molecule has 3 aromatic carbocycles. The largest absolute Gasteiger partial charge is 0.492 e. The first kappa shape index (κ1) is 23.7. The van der Waals surface area contributed by atoms with Gasteiger partial charge in [0.15, 0.2) is 16.6 Å². The van der Waals surface area contributed by atoms with Gasteiger partial charge in [-0.25, -0.2) is 4.98 Å². The summed E-state index contributed by atoms with van der Waals surface area (Å²) in [7, 11) is 0. The minimum absolute atomic E-state index is 0.187. The number of anilines is 1. The van der Waals surface area contributed by atoms with Crippen LogP contribution < -0.4 is 15.4 Å². The molecule has 0 aliphatic carbocycles. The smallest absolute Gasteiger partial charge is 0.257 e. The third-order valence-corrected chi connectivity index (χ3v) is 5.84. The van der Waals surface area contributed by atoms with Gasteiger partial charge >= 0.3 is 0 Å². The molecule has 2 N–H and O–H groups in total. The average Bonchev–Trinajstić information content (AvgIpc) is 3.17. The van der Waals surface area contributed by atoms with E-state index in [2.05, 4.69) is 29.5 Å². The fraction of sp³-hybridized carbons (Fsp3) is 0.192. The minimum atomic E-state index is -0.361. The SMILES string of the molecule is CCOc1ccc(C(=O)NC(=S)Nc2ccc(Cc3nc4cc(C)c(C)cc4o3)cc2)cc1Cl. The lowest BCUT2D eigenvalue weighted by Gasteiger charge is -2.11. The molecule has 0 fully saturated rings. The van der Waals surface area contributed by atoms with E-state index in [1.807, 2.05) is 43.3 Å². The first-order valence-corrected chi connectivity index (χ1v) is 11.6. The van der Waals surface area contributed by atoms with Crippen LogP contribution in [0.5, 0.6) is 5.75 Å². The Morgan fingerprint density at radius 3 is 2.53 bits per heavy atom. The molecule has 0 unspecified atom stereocenters. The molecule has 0 saturated heterocycles. The molecule has 0 atom stereocenters. The van der Waals surface area contributed by atoms with Crippen LogP contribution in [0.15, 0.2) is 59.0 Å². The van der Waals surface area contributed by atoms with E-state index in [0.29, 0.717) is 35.3 Å². The van der Waals surface area contributed by atoms with Crippen LogP contribution in [0.4, 0.5) is 5.69 Å². The summed E-state index contributed by atoms with van der Waals surface area (Å²) in [6.45, 7) is 6.48. The highest BCUT2D eigenvalue weighted by Gasteiger charge is 2.12. The van der Waals surface area contributed by atoms with Crippen molar-refractivity contribution in [2.75, 3.05) is 11.9 Å². The van der Waals surface area contributed by atoms with Gasteiger partial charge in [-0.2, -0.15) is 0 Å². The van der Waals surface area contributed by atoms with Crippen molar-refractivity contribution in [2.45, 2.75) is 27.2 Å². The molecule has 8 heteroatoms. The number of aryl methyl sites for hydroxylation is 2. The lowest BCUT2D eigenvalue weighted by Crippen LogP contribution is -2.34. The van der Waals surface area contributed by atoms with Crippen molar-refractivity contribution in [3.8, 4) is 5.75 Å². The van der Waals surface area contributed by atoms with Gasteiger partial charge in [0.1, 0.15) is 11.3 Å². The van der Waals surface area contributed by atoms with Crippen molar-refractivity contribution in [1.82, 2.24) is 10.3 Å². The highest BCUT2D eigenvalue weighted by Crippen LogP contribution is 2.25. The predicted molar refractivity (Wildman–Crippen MR) is 139 cm³/mol. The number of nitrogens with one attached hydrogen (secondary N) is 2. The molecule has 4 aromatic rings. The molecule has 34 heavy (non-hydrogen) atoms. The molecule has 0 radical (unpaired) electrons. The van der Waals surface area contributed by atoms with Gasteiger partial charge < -0.3 is 14.5 Å². The van der Waals surface area contributed by atoms with Gasteiger partial charge in [-0.3, -0.25) is 10.1 Å². The number of hydrogen-bond donors (Lipinski definition) is 2. The van der Waals surface area contributed by atoms with E-state index in [0.717, 1.165) is 22.4 Å². The number of fused-ring (bicyclic) bond motifs is 1. The second kappa shape index (κ2) is 10.2. The number of halogens is 1. The second-order valence-electron chi connectivity index (χ2n) is 7.87. The van der Waals surface area contributed by atoms with Gasteiger partial charge in [0.25, 0.3) is 5.91 Å². The van der Waals surface area contributed by atoms with E-state index in [-0.39, 0.29) is 11.0 Å². The number of amides is 1. The van der Waals surface area contributed by atoms with Crippen molar-refractivity contribution in [2.24, 2.45) is 0 Å². The van der Waals surface area contributed by atoms with Gasteiger partial charge in [0, 0.05) is 17.7 Å². The molecule has 1 heterocycles. The fourth-order valence-electron chi connectivity index (χ4n) is 3.44. The number of carbonyl (C=O) groups excluding carboxylic acids is 1. The van der Waals surface area contributed by atoms with Gasteiger partial charge in [0.05, 0.1) is 11.6 Å². The number of ether oxygens (including phenoxy) is 1. The normalized spacial score (nSPS) is 10.8. The Morgan fingerprint density at radius 2 is 1.82 bits per heavy atom. The Balaban J connectivity index is 1.35. The van der Waals surface area contributed by atoms with Crippen LogP contribution in [-0.2, 0) is 6.42 Å². The summed E-state index contributed by atoms with van der Waals surface area (Å²) >= 11 is 11.4. The number of carbonyl (C=O) groups is 1. The van der Waals surface area contributed by atoms with Crippen LogP contribution >= 0.6 is 23.8 Å². The maximum atomic E-state index is 12.5. The molecule has 174 valence electrons. The van der Waals surface area contributed by atoms with Crippen LogP contribution in [0.25, 0.3) is 11.1 Å². The number of rotatable bonds is 6. The number of benzene rings is 3. The number of aromatic nitrogens is 1. The van der Waals surface area contributed by atoms with E-state index >= 15 is 0 Å². The Bertz CT molecular complexity index is 1330. The van der Waals surface area contributed by atoms with Crippen molar-refractivity contribution >= 4 is 51.6 Å². The molecule has 1 amide bonds. The monoisotopic (exact) mass is 493 g/mol. The molecule has 6 nitrogen and oxygen atoms in total. The topological polar surface area (TPSA) is 76.4 Å². The third-order valence-electron chi connectivity index (χ3n) is 5.34. The molecule has 4 rings (SSSR count). The molecule has 0 spiro atoms. The molecule has 0 aliphatic heterocycles. The highest BCUT2D eigenvalue weighted by molar-refractivity contribution is 7.80. The molecule has 0 bridgehead atoms. The summed E-state index contributed by atoms with van der Waals surface area (Å²) in [6, 6.07) is 16.6. The summed E-state index contributed by atoms with van der Waals surface area (Å²) in [5.74, 6) is 0.836. The van der Waals surface area contributed by atoms with Crippen LogP contribution in [0.1, 0.15) is 39.9 Å². The zero-order chi connectivity index (χ0) is 24.2. The van der Waals surface area contributed by atoms with Gasteiger partial charge in [-0.15, -0.1) is 0 Å². The molecule has 0 aliphatic rings. The van der Waals surface area contributed by atoms with E-state index in [1.54, 1.807) is 18.2 Å². The summed E-state index contributed by atoms with van der Waals surface area (Å²) < 4.78 is 11.3. The average molecular weight is 494 g/mol. The predicted octanol–water partition coefficient (Wildman–Crippen LogP) is 6.21. The number of thiocarbonyl (C=S) groups is 1. The van der Waals surface area contributed by atoms with Gasteiger partial charge in [-0.05, 0) is 92.1 Å². The Morgan fingerprint density at radius 1 is 1.09 bits per heavy atom. The zero-order valence-corrected chi connectivity index (χ0v) is 20.6. The number of nitrogens with zero attached hydrogens (tertiary/aromatic N) is 1. The molecular weight excluding hydrogens is 470 g/mol. The van der Waals surface area contributed by atoms with Gasteiger partial charge in [0.2, 0.25) is 0 Å².